The van der Waals surface area contributed by atoms with Crippen molar-refractivity contribution in [3.05, 3.63) is 77.9 Å². The molecule has 0 amide bonds. The summed E-state index contributed by atoms with van der Waals surface area (Å²) in [6.45, 7) is 2.92. The van der Waals surface area contributed by atoms with Gasteiger partial charge in [0, 0.05) is 31.9 Å². The minimum atomic E-state index is -4.58. The molecule has 0 aliphatic carbocycles. The molecule has 0 spiro atoms. The van der Waals surface area contributed by atoms with Gasteiger partial charge in [-0.2, -0.15) is 31.4 Å². The molecule has 3 heterocycles. The highest BCUT2D eigenvalue weighted by Gasteiger charge is 2.35. The van der Waals surface area contributed by atoms with Crippen molar-refractivity contribution in [1.82, 2.24) is 29.3 Å². The number of benzene rings is 2. The van der Waals surface area contributed by atoms with Crippen molar-refractivity contribution in [2.75, 3.05) is 10.6 Å². The monoisotopic (exact) mass is 576 g/mol. The third-order valence-electron chi connectivity index (χ3n) is 6.02. The van der Waals surface area contributed by atoms with E-state index in [1.165, 1.54) is 7.05 Å². The molecule has 3 aromatic heterocycles. The van der Waals surface area contributed by atoms with Crippen molar-refractivity contribution in [1.29, 1.82) is 0 Å². The summed E-state index contributed by atoms with van der Waals surface area (Å²) in [6, 6.07) is 13.1. The minimum Gasteiger partial charge on any atom is -0.438 e. The molecule has 0 aliphatic rings. The predicted octanol–water partition coefficient (Wildman–Crippen LogP) is 6.77. The maximum Gasteiger partial charge on any atom is 0.434 e. The number of ether oxygens (including phenoxy) is 1. The highest BCUT2D eigenvalue weighted by molar-refractivity contribution is 5.83. The number of hydrogen-bond acceptors (Lipinski definition) is 7. The number of imidazole rings is 1. The van der Waals surface area contributed by atoms with E-state index in [2.05, 4.69) is 30.7 Å². The molecular formula is C26H22F6N8O. The molecule has 0 fully saturated rings. The van der Waals surface area contributed by atoms with E-state index in [0.717, 1.165) is 28.0 Å². The Hall–Kier alpha value is -4.82. The van der Waals surface area contributed by atoms with E-state index >= 15 is 0 Å². The van der Waals surface area contributed by atoms with Crippen LogP contribution in [0.2, 0.25) is 0 Å². The summed E-state index contributed by atoms with van der Waals surface area (Å²) < 4.78 is 85.4. The molecule has 0 bridgehead atoms. The average molecular weight is 577 g/mol. The van der Waals surface area contributed by atoms with Crippen molar-refractivity contribution in [2.24, 2.45) is 7.05 Å². The first-order valence-electron chi connectivity index (χ1n) is 12.2. The fourth-order valence-corrected chi connectivity index (χ4v) is 4.09. The fraction of sp³-hybridized carbons (Fsp3) is 0.231. The van der Waals surface area contributed by atoms with E-state index in [-0.39, 0.29) is 11.7 Å². The number of anilines is 3. The Morgan fingerprint density at radius 2 is 1.66 bits per heavy atom. The van der Waals surface area contributed by atoms with Crippen LogP contribution in [0.1, 0.15) is 23.9 Å². The Morgan fingerprint density at radius 3 is 2.27 bits per heavy atom. The first kappa shape index (κ1) is 27.7. The summed E-state index contributed by atoms with van der Waals surface area (Å²) in [5, 5.41) is 10.1. The first-order valence-corrected chi connectivity index (χ1v) is 12.2. The maximum absolute atomic E-state index is 13.1. The highest BCUT2D eigenvalue weighted by atomic mass is 19.4. The van der Waals surface area contributed by atoms with E-state index in [1.54, 1.807) is 42.5 Å². The number of rotatable bonds is 8. The number of alkyl halides is 6. The third kappa shape index (κ3) is 6.18. The van der Waals surface area contributed by atoms with Gasteiger partial charge >= 0.3 is 12.4 Å². The summed E-state index contributed by atoms with van der Waals surface area (Å²) in [4.78, 5) is 11.6. The minimum absolute atomic E-state index is 0.0675. The summed E-state index contributed by atoms with van der Waals surface area (Å²) >= 11 is 0. The molecule has 2 aromatic carbocycles. The molecular weight excluding hydrogens is 554 g/mol. The van der Waals surface area contributed by atoms with E-state index in [4.69, 9.17) is 4.74 Å². The Bertz CT molecular complexity index is 1660. The second kappa shape index (κ2) is 10.6. The van der Waals surface area contributed by atoms with Crippen molar-refractivity contribution >= 4 is 28.5 Å². The second-order valence-corrected chi connectivity index (χ2v) is 8.88. The molecule has 9 nitrogen and oxygen atoms in total. The number of nitrogens with zero attached hydrogens (tertiary/aromatic N) is 6. The third-order valence-corrected chi connectivity index (χ3v) is 6.02. The SMILES string of the molecule is CCn1c(NCc2ccc(Oc3cnc(C(F)(F)F)cn3)cc2)nc2ccc(Nc3cc(C(F)(F)F)n(C)n3)cc21. The summed E-state index contributed by atoms with van der Waals surface area (Å²) in [5.74, 6) is 0.965. The van der Waals surface area contributed by atoms with Gasteiger partial charge in [-0.15, -0.1) is 0 Å². The zero-order valence-corrected chi connectivity index (χ0v) is 21.5. The first-order chi connectivity index (χ1) is 19.4. The van der Waals surface area contributed by atoms with Crippen LogP contribution in [0.25, 0.3) is 11.0 Å². The van der Waals surface area contributed by atoms with E-state index in [0.29, 0.717) is 42.2 Å². The number of fused-ring (bicyclic) bond motifs is 1. The molecule has 0 aliphatic heterocycles. The van der Waals surface area contributed by atoms with E-state index in [9.17, 15) is 26.3 Å². The molecule has 5 aromatic rings. The summed E-state index contributed by atoms with van der Waals surface area (Å²) in [7, 11) is 1.23. The zero-order chi connectivity index (χ0) is 29.4. The molecule has 0 saturated heterocycles. The van der Waals surface area contributed by atoms with Gasteiger partial charge in [0.05, 0.1) is 23.4 Å². The van der Waals surface area contributed by atoms with Crippen LogP contribution in [-0.4, -0.2) is 29.3 Å². The van der Waals surface area contributed by atoms with Crippen molar-refractivity contribution in [3.63, 3.8) is 0 Å². The Kier molecular flexibility index (Phi) is 7.19. The Balaban J connectivity index is 1.25. The highest BCUT2D eigenvalue weighted by Crippen LogP contribution is 2.32. The predicted molar refractivity (Wildman–Crippen MR) is 138 cm³/mol. The van der Waals surface area contributed by atoms with Crippen LogP contribution < -0.4 is 15.4 Å². The van der Waals surface area contributed by atoms with Crippen LogP contribution in [0.15, 0.2) is 60.9 Å². The van der Waals surface area contributed by atoms with Crippen LogP contribution >= 0.6 is 0 Å². The van der Waals surface area contributed by atoms with Gasteiger partial charge in [-0.25, -0.2) is 15.0 Å². The van der Waals surface area contributed by atoms with Crippen molar-refractivity contribution < 1.29 is 31.1 Å². The average Bonchev–Trinajstić information content (AvgIpc) is 3.47. The number of halogens is 6. The molecule has 5 rings (SSSR count). The lowest BCUT2D eigenvalue weighted by molar-refractivity contribution is -0.143. The van der Waals surface area contributed by atoms with Gasteiger partial charge in [0.25, 0.3) is 0 Å². The normalized spacial score (nSPS) is 12.1. The van der Waals surface area contributed by atoms with Gasteiger partial charge in [-0.3, -0.25) is 4.68 Å². The summed E-state index contributed by atoms with van der Waals surface area (Å²) in [5.41, 5.74) is 0.928. The molecule has 214 valence electrons. The molecule has 0 atom stereocenters. The maximum atomic E-state index is 13.1. The molecule has 0 radical (unpaired) electrons. The van der Waals surface area contributed by atoms with Crippen LogP contribution in [0.5, 0.6) is 11.6 Å². The lowest BCUT2D eigenvalue weighted by Crippen LogP contribution is -2.11. The lowest BCUT2D eigenvalue weighted by Gasteiger charge is -2.10. The van der Waals surface area contributed by atoms with Crippen LogP contribution in [0, 0.1) is 0 Å². The molecule has 0 saturated carbocycles. The van der Waals surface area contributed by atoms with Crippen LogP contribution in [0.4, 0.5) is 43.8 Å². The van der Waals surface area contributed by atoms with Crippen molar-refractivity contribution in [2.45, 2.75) is 32.4 Å². The standard InChI is InChI=1S/C26H22F6N8O/c1-3-40-19-10-16(36-22-11-21(26(30,31)32)39(2)38-22)6-9-18(19)37-24(40)35-12-15-4-7-17(8-5-15)41-23-14-33-20(13-34-23)25(27,28)29/h4-11,13-14H,3,12H2,1-2H3,(H,35,37)(H,36,38). The van der Waals surface area contributed by atoms with Crippen molar-refractivity contribution in [3.8, 4) is 11.6 Å². The van der Waals surface area contributed by atoms with Gasteiger partial charge in [-0.1, -0.05) is 12.1 Å². The van der Waals surface area contributed by atoms with Crippen LogP contribution in [-0.2, 0) is 32.5 Å². The largest absolute Gasteiger partial charge is 0.438 e. The summed E-state index contributed by atoms with van der Waals surface area (Å²) in [6.07, 6.45) is -7.58. The van der Waals surface area contributed by atoms with Gasteiger partial charge in [-0.05, 0) is 42.8 Å². The number of aryl methyl sites for hydroxylation is 2. The molecule has 41 heavy (non-hydrogen) atoms. The Labute approximate surface area is 228 Å². The topological polar surface area (TPSA) is 94.7 Å². The lowest BCUT2D eigenvalue weighted by atomic mass is 10.2. The molecule has 2 N–H and O–H groups in total. The quantitative estimate of drug-likeness (QED) is 0.197. The fourth-order valence-electron chi connectivity index (χ4n) is 4.09. The van der Waals surface area contributed by atoms with Gasteiger partial charge in [0.1, 0.15) is 11.4 Å². The number of nitrogens with one attached hydrogen (secondary N) is 2. The van der Waals surface area contributed by atoms with Gasteiger partial charge < -0.3 is 19.9 Å². The Morgan fingerprint density at radius 1 is 0.902 bits per heavy atom. The molecule has 0 unspecified atom stereocenters. The van der Waals surface area contributed by atoms with Gasteiger partial charge in [0.2, 0.25) is 11.8 Å². The van der Waals surface area contributed by atoms with Crippen LogP contribution in [0.3, 0.4) is 0 Å². The number of hydrogen-bond donors (Lipinski definition) is 2. The van der Waals surface area contributed by atoms with Gasteiger partial charge in [0.15, 0.2) is 11.5 Å². The second-order valence-electron chi connectivity index (χ2n) is 8.88. The molecule has 15 heteroatoms. The van der Waals surface area contributed by atoms with E-state index in [1.807, 2.05) is 11.5 Å². The smallest absolute Gasteiger partial charge is 0.434 e. The number of aromatic nitrogens is 6. The zero-order valence-electron chi connectivity index (χ0n) is 21.5. The van der Waals surface area contributed by atoms with E-state index < -0.39 is 23.7 Å².